The van der Waals surface area contributed by atoms with Gasteiger partial charge in [0.25, 0.3) is 0 Å². The van der Waals surface area contributed by atoms with Gasteiger partial charge in [-0.25, -0.2) is 9.97 Å². The lowest BCUT2D eigenvalue weighted by atomic mass is 9.83. The summed E-state index contributed by atoms with van der Waals surface area (Å²) in [4.78, 5) is 11.1. The summed E-state index contributed by atoms with van der Waals surface area (Å²) in [6.45, 7) is 1.67. The molecule has 1 aliphatic carbocycles. The zero-order chi connectivity index (χ0) is 14.9. The number of rotatable bonds is 4. The van der Waals surface area contributed by atoms with Gasteiger partial charge in [-0.3, -0.25) is 0 Å². The SMILES string of the molecule is CN(Cc1ccc2c(c1)CCO2)c1cc(C2CCC2)ncn1. The van der Waals surface area contributed by atoms with E-state index >= 15 is 0 Å². The third-order valence-corrected chi connectivity index (χ3v) is 4.76. The molecule has 1 aromatic heterocycles. The molecule has 2 heterocycles. The highest BCUT2D eigenvalue weighted by Gasteiger charge is 2.21. The molecule has 0 N–H and O–H groups in total. The predicted molar refractivity (Wildman–Crippen MR) is 86.4 cm³/mol. The molecule has 4 rings (SSSR count). The molecule has 114 valence electrons. The molecule has 0 amide bonds. The fourth-order valence-corrected chi connectivity index (χ4v) is 3.19. The van der Waals surface area contributed by atoms with Crippen LogP contribution in [-0.2, 0) is 13.0 Å². The molecule has 22 heavy (non-hydrogen) atoms. The van der Waals surface area contributed by atoms with Gasteiger partial charge in [-0.15, -0.1) is 0 Å². The summed E-state index contributed by atoms with van der Waals surface area (Å²) in [5.74, 6) is 2.70. The van der Waals surface area contributed by atoms with E-state index in [-0.39, 0.29) is 0 Å². The van der Waals surface area contributed by atoms with Crippen molar-refractivity contribution in [2.24, 2.45) is 0 Å². The summed E-state index contributed by atoms with van der Waals surface area (Å²) in [7, 11) is 2.09. The standard InChI is InChI=1S/C18H21N3O/c1-21(11-13-5-6-17-15(9-13)7-8-22-17)18-10-16(19-12-20-18)14-3-2-4-14/h5-6,9-10,12,14H,2-4,7-8,11H2,1H3. The molecule has 4 heteroatoms. The second-order valence-corrected chi connectivity index (χ2v) is 6.33. The average molecular weight is 295 g/mol. The number of anilines is 1. The molecule has 1 aromatic carbocycles. The van der Waals surface area contributed by atoms with Crippen molar-refractivity contribution in [1.29, 1.82) is 0 Å². The van der Waals surface area contributed by atoms with E-state index in [9.17, 15) is 0 Å². The summed E-state index contributed by atoms with van der Waals surface area (Å²) >= 11 is 0. The van der Waals surface area contributed by atoms with Crippen molar-refractivity contribution in [3.63, 3.8) is 0 Å². The molecule has 0 spiro atoms. The Hall–Kier alpha value is -2.10. The highest BCUT2D eigenvalue weighted by atomic mass is 16.5. The Morgan fingerprint density at radius 1 is 1.23 bits per heavy atom. The summed E-state index contributed by atoms with van der Waals surface area (Å²) < 4.78 is 5.57. The molecule has 2 aliphatic rings. The Morgan fingerprint density at radius 2 is 2.14 bits per heavy atom. The number of benzene rings is 1. The third kappa shape index (κ3) is 2.54. The van der Waals surface area contributed by atoms with Crippen molar-refractivity contribution in [2.75, 3.05) is 18.6 Å². The molecule has 0 unspecified atom stereocenters. The van der Waals surface area contributed by atoms with Crippen molar-refractivity contribution in [3.05, 3.63) is 47.4 Å². The Morgan fingerprint density at radius 3 is 2.95 bits per heavy atom. The van der Waals surface area contributed by atoms with Crippen LogP contribution in [0.4, 0.5) is 5.82 Å². The van der Waals surface area contributed by atoms with Crippen LogP contribution in [0.5, 0.6) is 5.75 Å². The normalized spacial score (nSPS) is 16.8. The van der Waals surface area contributed by atoms with Crippen molar-refractivity contribution in [3.8, 4) is 5.75 Å². The zero-order valence-electron chi connectivity index (χ0n) is 13.0. The Balaban J connectivity index is 1.50. The molecule has 0 bridgehead atoms. The number of hydrogen-bond acceptors (Lipinski definition) is 4. The van der Waals surface area contributed by atoms with Crippen LogP contribution in [0.1, 0.15) is 42.0 Å². The first-order chi connectivity index (χ1) is 10.8. The van der Waals surface area contributed by atoms with Gasteiger partial charge in [0.2, 0.25) is 0 Å². The number of hydrogen-bond donors (Lipinski definition) is 0. The molecular weight excluding hydrogens is 274 g/mol. The lowest BCUT2D eigenvalue weighted by molar-refractivity contribution is 0.357. The molecule has 0 radical (unpaired) electrons. The minimum absolute atomic E-state index is 0.646. The van der Waals surface area contributed by atoms with Crippen molar-refractivity contribution < 1.29 is 4.74 Å². The molecule has 4 nitrogen and oxygen atoms in total. The van der Waals surface area contributed by atoms with E-state index in [1.807, 2.05) is 0 Å². The van der Waals surface area contributed by atoms with Crippen molar-refractivity contribution >= 4 is 5.82 Å². The second-order valence-electron chi connectivity index (χ2n) is 6.33. The Labute approximate surface area is 131 Å². The first-order valence-corrected chi connectivity index (χ1v) is 8.07. The van der Waals surface area contributed by atoms with Gasteiger partial charge in [-0.1, -0.05) is 18.6 Å². The first kappa shape index (κ1) is 13.6. The van der Waals surface area contributed by atoms with Gasteiger partial charge < -0.3 is 9.64 Å². The van der Waals surface area contributed by atoms with E-state index in [1.54, 1.807) is 6.33 Å². The van der Waals surface area contributed by atoms with E-state index < -0.39 is 0 Å². The molecule has 1 aliphatic heterocycles. The quantitative estimate of drug-likeness (QED) is 0.867. The lowest BCUT2D eigenvalue weighted by Gasteiger charge is -2.26. The molecule has 1 saturated carbocycles. The minimum Gasteiger partial charge on any atom is -0.493 e. The molecule has 0 saturated heterocycles. The van der Waals surface area contributed by atoms with Crippen LogP contribution in [-0.4, -0.2) is 23.6 Å². The Kier molecular flexibility index (Phi) is 3.45. The van der Waals surface area contributed by atoms with Gasteiger partial charge in [-0.2, -0.15) is 0 Å². The third-order valence-electron chi connectivity index (χ3n) is 4.76. The molecule has 0 atom stereocenters. The maximum atomic E-state index is 5.57. The largest absolute Gasteiger partial charge is 0.493 e. The van der Waals surface area contributed by atoms with Crippen LogP contribution < -0.4 is 9.64 Å². The van der Waals surface area contributed by atoms with Crippen molar-refractivity contribution in [1.82, 2.24) is 9.97 Å². The predicted octanol–water partition coefficient (Wildman–Crippen LogP) is 3.32. The average Bonchev–Trinajstić information content (AvgIpc) is 2.93. The zero-order valence-corrected chi connectivity index (χ0v) is 13.0. The van der Waals surface area contributed by atoms with Crippen LogP contribution in [0, 0.1) is 0 Å². The van der Waals surface area contributed by atoms with E-state index in [0.717, 1.165) is 31.1 Å². The van der Waals surface area contributed by atoms with E-state index in [0.29, 0.717) is 5.92 Å². The fourth-order valence-electron chi connectivity index (χ4n) is 3.19. The van der Waals surface area contributed by atoms with Crippen LogP contribution >= 0.6 is 0 Å². The first-order valence-electron chi connectivity index (χ1n) is 8.07. The fraction of sp³-hybridized carbons (Fsp3) is 0.444. The molecule has 2 aromatic rings. The summed E-state index contributed by atoms with van der Waals surface area (Å²) in [6, 6.07) is 8.65. The van der Waals surface area contributed by atoms with Crippen LogP contribution in [0.3, 0.4) is 0 Å². The van der Waals surface area contributed by atoms with Crippen LogP contribution in [0.2, 0.25) is 0 Å². The van der Waals surface area contributed by atoms with Crippen LogP contribution in [0.25, 0.3) is 0 Å². The van der Waals surface area contributed by atoms with Gasteiger partial charge in [0.1, 0.15) is 17.9 Å². The molecule has 1 fully saturated rings. The maximum absolute atomic E-state index is 5.57. The maximum Gasteiger partial charge on any atom is 0.132 e. The van der Waals surface area contributed by atoms with Gasteiger partial charge in [-0.05, 0) is 30.0 Å². The Bertz CT molecular complexity index is 682. The van der Waals surface area contributed by atoms with E-state index in [1.165, 1.54) is 36.1 Å². The summed E-state index contributed by atoms with van der Waals surface area (Å²) in [5, 5.41) is 0. The van der Waals surface area contributed by atoms with Gasteiger partial charge in [0.15, 0.2) is 0 Å². The van der Waals surface area contributed by atoms with Gasteiger partial charge >= 0.3 is 0 Å². The van der Waals surface area contributed by atoms with Crippen LogP contribution in [0.15, 0.2) is 30.6 Å². The van der Waals surface area contributed by atoms with Gasteiger partial charge in [0, 0.05) is 37.7 Å². The van der Waals surface area contributed by atoms with Crippen molar-refractivity contribution in [2.45, 2.75) is 38.1 Å². The number of nitrogens with zero attached hydrogens (tertiary/aromatic N) is 3. The number of ether oxygens (including phenoxy) is 1. The number of fused-ring (bicyclic) bond motifs is 1. The summed E-state index contributed by atoms with van der Waals surface area (Å²) in [5.41, 5.74) is 3.82. The topological polar surface area (TPSA) is 38.2 Å². The second kappa shape index (κ2) is 5.59. The molecular formula is C18H21N3O. The smallest absolute Gasteiger partial charge is 0.132 e. The highest BCUT2D eigenvalue weighted by Crippen LogP contribution is 2.36. The monoisotopic (exact) mass is 295 g/mol. The van der Waals surface area contributed by atoms with E-state index in [2.05, 4.69) is 46.2 Å². The van der Waals surface area contributed by atoms with Gasteiger partial charge in [0.05, 0.1) is 6.61 Å². The number of aromatic nitrogens is 2. The van der Waals surface area contributed by atoms with E-state index in [4.69, 9.17) is 4.74 Å². The summed E-state index contributed by atoms with van der Waals surface area (Å²) in [6.07, 6.45) is 6.59. The minimum atomic E-state index is 0.646. The lowest BCUT2D eigenvalue weighted by Crippen LogP contribution is -2.19. The highest BCUT2D eigenvalue weighted by molar-refractivity contribution is 5.43.